The molecule has 0 aliphatic carbocycles. The summed E-state index contributed by atoms with van der Waals surface area (Å²) in [5.41, 5.74) is 7.53. The fourth-order valence-electron chi connectivity index (χ4n) is 4.22. The molecule has 29 heavy (non-hydrogen) atoms. The minimum Gasteiger partial charge on any atom is -0.381 e. The lowest BCUT2D eigenvalue weighted by Gasteiger charge is -2.39. The summed E-state index contributed by atoms with van der Waals surface area (Å²) in [6, 6.07) is 2.48. The van der Waals surface area contributed by atoms with Crippen LogP contribution in [0.25, 0.3) is 5.65 Å². The Kier molecular flexibility index (Phi) is 4.27. The molecular formula is C19H21FN8O. The van der Waals surface area contributed by atoms with E-state index in [2.05, 4.69) is 30.2 Å². The SMILES string of the molecule is Nc1nc2c(C(=O)Nc3cnccc3N3CCN4CCCC4C3)cnn2cc1F. The maximum Gasteiger partial charge on any atom is 0.261 e. The molecule has 0 aromatic carbocycles. The molecule has 0 spiro atoms. The normalized spacial score (nSPS) is 19.5. The van der Waals surface area contributed by atoms with Gasteiger partial charge in [-0.15, -0.1) is 0 Å². The minimum absolute atomic E-state index is 0.200. The number of halogens is 1. The maximum absolute atomic E-state index is 13.6. The number of nitrogen functional groups attached to an aromatic ring is 1. The number of anilines is 3. The van der Waals surface area contributed by atoms with Crippen LogP contribution in [0.1, 0.15) is 23.2 Å². The second kappa shape index (κ2) is 6.96. The van der Waals surface area contributed by atoms with Crippen LogP contribution in [-0.4, -0.2) is 62.6 Å². The third kappa shape index (κ3) is 3.15. The number of carbonyl (C=O) groups excluding carboxylic acids is 1. The summed E-state index contributed by atoms with van der Waals surface area (Å²) < 4.78 is 14.8. The van der Waals surface area contributed by atoms with Gasteiger partial charge in [0.25, 0.3) is 5.91 Å². The summed E-state index contributed by atoms with van der Waals surface area (Å²) in [5, 5.41) is 6.91. The number of nitrogens with one attached hydrogen (secondary N) is 1. The van der Waals surface area contributed by atoms with Crippen LogP contribution in [0.4, 0.5) is 21.6 Å². The Hall–Kier alpha value is -3.27. The first-order valence-electron chi connectivity index (χ1n) is 9.64. The Morgan fingerprint density at radius 1 is 1.28 bits per heavy atom. The summed E-state index contributed by atoms with van der Waals surface area (Å²) in [4.78, 5) is 25.9. The van der Waals surface area contributed by atoms with Crippen molar-refractivity contribution in [3.05, 3.63) is 42.2 Å². The summed E-state index contributed by atoms with van der Waals surface area (Å²) in [5.74, 6) is -1.36. The first kappa shape index (κ1) is 17.8. The van der Waals surface area contributed by atoms with Crippen molar-refractivity contribution >= 4 is 28.7 Å². The highest BCUT2D eigenvalue weighted by Crippen LogP contribution is 2.30. The number of piperazine rings is 1. The molecule has 1 amide bonds. The molecule has 150 valence electrons. The van der Waals surface area contributed by atoms with Crippen molar-refractivity contribution in [2.75, 3.05) is 42.1 Å². The second-order valence-electron chi connectivity index (χ2n) is 7.43. The lowest BCUT2D eigenvalue weighted by molar-refractivity contribution is 0.102. The monoisotopic (exact) mass is 396 g/mol. The van der Waals surface area contributed by atoms with Crippen molar-refractivity contribution in [3.63, 3.8) is 0 Å². The number of aromatic nitrogens is 4. The standard InChI is InChI=1S/C19H21FN8O/c20-14-11-28-18(25-17(14)21)13(8-23-28)19(29)24-15-9-22-4-3-16(15)27-7-6-26-5-1-2-12(26)10-27/h3-4,8-9,11-12H,1-2,5-7,10H2,(H2,21,25)(H,24,29). The zero-order valence-corrected chi connectivity index (χ0v) is 15.8. The van der Waals surface area contributed by atoms with Gasteiger partial charge in [-0.25, -0.2) is 13.9 Å². The lowest BCUT2D eigenvalue weighted by Crippen LogP contribution is -2.50. The Labute approximate surface area is 166 Å². The molecule has 2 saturated heterocycles. The van der Waals surface area contributed by atoms with Crippen molar-refractivity contribution in [1.29, 1.82) is 0 Å². The van der Waals surface area contributed by atoms with Crippen LogP contribution in [0.2, 0.25) is 0 Å². The zero-order valence-electron chi connectivity index (χ0n) is 15.8. The van der Waals surface area contributed by atoms with E-state index in [0.29, 0.717) is 11.7 Å². The molecule has 0 saturated carbocycles. The van der Waals surface area contributed by atoms with Gasteiger partial charge in [0.2, 0.25) is 0 Å². The fourth-order valence-corrected chi connectivity index (χ4v) is 4.22. The minimum atomic E-state index is -0.687. The van der Waals surface area contributed by atoms with Crippen molar-refractivity contribution in [1.82, 2.24) is 24.5 Å². The van der Waals surface area contributed by atoms with Gasteiger partial charge in [0.15, 0.2) is 17.3 Å². The Morgan fingerprint density at radius 3 is 3.07 bits per heavy atom. The maximum atomic E-state index is 13.6. The topological polar surface area (TPSA) is 105 Å². The van der Waals surface area contributed by atoms with E-state index in [1.807, 2.05) is 6.07 Å². The molecule has 10 heteroatoms. The predicted octanol–water partition coefficient (Wildman–Crippen LogP) is 1.38. The van der Waals surface area contributed by atoms with Crippen molar-refractivity contribution in [2.24, 2.45) is 0 Å². The van der Waals surface area contributed by atoms with Gasteiger partial charge in [-0.2, -0.15) is 5.10 Å². The van der Waals surface area contributed by atoms with Crippen LogP contribution >= 0.6 is 0 Å². The summed E-state index contributed by atoms with van der Waals surface area (Å²) >= 11 is 0. The molecule has 3 aromatic rings. The molecule has 5 heterocycles. The largest absolute Gasteiger partial charge is 0.381 e. The van der Waals surface area contributed by atoms with Crippen molar-refractivity contribution in [3.8, 4) is 0 Å². The van der Waals surface area contributed by atoms with E-state index in [0.717, 1.165) is 31.5 Å². The Bertz CT molecular complexity index is 1080. The van der Waals surface area contributed by atoms with Gasteiger partial charge in [0.05, 0.1) is 30.0 Å². The molecule has 9 nitrogen and oxygen atoms in total. The summed E-state index contributed by atoms with van der Waals surface area (Å²) in [6.45, 7) is 4.02. The van der Waals surface area contributed by atoms with Crippen LogP contribution in [0.5, 0.6) is 0 Å². The number of hydrogen-bond donors (Lipinski definition) is 2. The Balaban J connectivity index is 1.41. The Morgan fingerprint density at radius 2 is 2.17 bits per heavy atom. The summed E-state index contributed by atoms with van der Waals surface area (Å²) in [7, 11) is 0. The highest BCUT2D eigenvalue weighted by Gasteiger charge is 2.31. The third-order valence-electron chi connectivity index (χ3n) is 5.69. The highest BCUT2D eigenvalue weighted by atomic mass is 19.1. The van der Waals surface area contributed by atoms with Gasteiger partial charge in [-0.1, -0.05) is 0 Å². The predicted molar refractivity (Wildman–Crippen MR) is 106 cm³/mol. The van der Waals surface area contributed by atoms with Gasteiger partial charge in [-0.3, -0.25) is 14.7 Å². The molecule has 1 unspecified atom stereocenters. The third-order valence-corrected chi connectivity index (χ3v) is 5.69. The average Bonchev–Trinajstić information content (AvgIpc) is 3.35. The lowest BCUT2D eigenvalue weighted by atomic mass is 10.1. The van der Waals surface area contributed by atoms with Crippen LogP contribution in [0, 0.1) is 5.82 Å². The number of carbonyl (C=O) groups is 1. The number of amides is 1. The summed E-state index contributed by atoms with van der Waals surface area (Å²) in [6.07, 6.45) is 8.27. The van der Waals surface area contributed by atoms with Gasteiger partial charge in [0, 0.05) is 31.9 Å². The molecule has 2 aliphatic rings. The van der Waals surface area contributed by atoms with Gasteiger partial charge in [0.1, 0.15) is 5.56 Å². The van der Waals surface area contributed by atoms with Crippen LogP contribution < -0.4 is 16.0 Å². The number of rotatable bonds is 3. The van der Waals surface area contributed by atoms with Crippen LogP contribution in [0.15, 0.2) is 30.9 Å². The fraction of sp³-hybridized carbons (Fsp3) is 0.368. The van der Waals surface area contributed by atoms with E-state index in [4.69, 9.17) is 5.73 Å². The number of hydrogen-bond acceptors (Lipinski definition) is 7. The van der Waals surface area contributed by atoms with Crippen molar-refractivity contribution < 1.29 is 9.18 Å². The zero-order chi connectivity index (χ0) is 20.0. The molecule has 2 aliphatic heterocycles. The van der Waals surface area contributed by atoms with Gasteiger partial charge < -0.3 is 16.0 Å². The molecule has 0 bridgehead atoms. The number of nitrogens with two attached hydrogens (primary N) is 1. The van der Waals surface area contributed by atoms with Gasteiger partial charge >= 0.3 is 0 Å². The second-order valence-corrected chi connectivity index (χ2v) is 7.43. The number of nitrogens with zero attached hydrogens (tertiary/aromatic N) is 6. The number of fused-ring (bicyclic) bond motifs is 2. The van der Waals surface area contributed by atoms with Crippen molar-refractivity contribution in [2.45, 2.75) is 18.9 Å². The van der Waals surface area contributed by atoms with Crippen LogP contribution in [-0.2, 0) is 0 Å². The van der Waals surface area contributed by atoms with Crippen LogP contribution in [0.3, 0.4) is 0 Å². The molecular weight excluding hydrogens is 375 g/mol. The van der Waals surface area contributed by atoms with E-state index in [1.165, 1.54) is 30.1 Å². The smallest absolute Gasteiger partial charge is 0.261 e. The molecule has 5 rings (SSSR count). The molecule has 3 N–H and O–H groups in total. The van der Waals surface area contributed by atoms with E-state index in [-0.39, 0.29) is 17.0 Å². The molecule has 1 atom stereocenters. The quantitative estimate of drug-likeness (QED) is 0.689. The first-order chi connectivity index (χ1) is 14.1. The van der Waals surface area contributed by atoms with E-state index in [1.54, 1.807) is 12.4 Å². The van der Waals surface area contributed by atoms with Gasteiger partial charge in [-0.05, 0) is 25.5 Å². The average molecular weight is 396 g/mol. The van der Waals surface area contributed by atoms with E-state index >= 15 is 0 Å². The highest BCUT2D eigenvalue weighted by molar-refractivity contribution is 6.09. The van der Waals surface area contributed by atoms with E-state index in [9.17, 15) is 9.18 Å². The number of pyridine rings is 1. The first-order valence-corrected chi connectivity index (χ1v) is 9.64. The molecule has 0 radical (unpaired) electrons. The molecule has 3 aromatic heterocycles. The van der Waals surface area contributed by atoms with E-state index < -0.39 is 11.7 Å². The molecule has 2 fully saturated rings.